The van der Waals surface area contributed by atoms with Crippen LogP contribution in [0.2, 0.25) is 10.0 Å². The molecule has 0 unspecified atom stereocenters. The van der Waals surface area contributed by atoms with E-state index in [1.807, 2.05) is 26.8 Å². The highest BCUT2D eigenvalue weighted by atomic mass is 35.5. The molecular formula is C28H34Cl2N2O6S. The minimum absolute atomic E-state index is 0.0336. The highest BCUT2D eigenvalue weighted by Gasteiger charge is 2.42. The summed E-state index contributed by atoms with van der Waals surface area (Å²) in [6.07, 6.45) is 0.125. The number of piperidine rings is 1. The quantitative estimate of drug-likeness (QED) is 0.340. The smallest absolute Gasteiger partial charge is 0.338 e. The number of benzene rings is 2. The summed E-state index contributed by atoms with van der Waals surface area (Å²) in [6.45, 7) is 6.81. The predicted octanol–water partition coefficient (Wildman–Crippen LogP) is 5.05. The molecular weight excluding hydrogens is 563 g/mol. The Bertz CT molecular complexity index is 1170. The molecule has 0 bridgehead atoms. The molecule has 2 aromatic carbocycles. The van der Waals surface area contributed by atoms with Gasteiger partial charge in [-0.3, -0.25) is 4.79 Å². The third kappa shape index (κ3) is 7.20. The summed E-state index contributed by atoms with van der Waals surface area (Å²) in [5.74, 6) is -0.768. The Balaban J connectivity index is 1.44. The average Bonchev–Trinajstić information content (AvgIpc) is 3.37. The lowest BCUT2D eigenvalue weighted by Gasteiger charge is -2.38. The fourth-order valence-corrected chi connectivity index (χ4v) is 6.07. The zero-order chi connectivity index (χ0) is 28.3. The van der Waals surface area contributed by atoms with Crippen molar-refractivity contribution in [1.82, 2.24) is 9.62 Å². The molecule has 0 saturated carbocycles. The summed E-state index contributed by atoms with van der Waals surface area (Å²) < 4.78 is 27.1. The number of phenolic OH excluding ortho intramolecular Hbond substituents is 1. The molecule has 8 nitrogen and oxygen atoms in total. The third-order valence-corrected chi connectivity index (χ3v) is 9.37. The van der Waals surface area contributed by atoms with E-state index in [0.29, 0.717) is 55.1 Å². The van der Waals surface area contributed by atoms with E-state index < -0.39 is 40.3 Å². The second kappa shape index (κ2) is 12.7. The Morgan fingerprint density at radius 1 is 1.13 bits per heavy atom. The van der Waals surface area contributed by atoms with Crippen molar-refractivity contribution in [1.29, 1.82) is 0 Å². The lowest BCUT2D eigenvalue weighted by Crippen LogP contribution is -2.50. The van der Waals surface area contributed by atoms with Crippen LogP contribution in [0.5, 0.6) is 5.75 Å². The van der Waals surface area contributed by atoms with Gasteiger partial charge in [-0.25, -0.2) is 4.79 Å². The number of amides is 1. The van der Waals surface area contributed by atoms with Gasteiger partial charge in [-0.2, -0.15) is 0 Å². The van der Waals surface area contributed by atoms with Crippen LogP contribution in [0.1, 0.15) is 62.0 Å². The first-order chi connectivity index (χ1) is 18.5. The summed E-state index contributed by atoms with van der Waals surface area (Å²) in [6, 6.07) is 11.2. The molecule has 4 atom stereocenters. The van der Waals surface area contributed by atoms with Crippen molar-refractivity contribution in [2.45, 2.75) is 63.0 Å². The first-order valence-electron chi connectivity index (χ1n) is 13.0. The number of esters is 1. The molecule has 2 heterocycles. The van der Waals surface area contributed by atoms with Gasteiger partial charge in [0.25, 0.3) is 5.91 Å². The van der Waals surface area contributed by atoms with E-state index in [4.69, 9.17) is 32.7 Å². The molecule has 11 heteroatoms. The summed E-state index contributed by atoms with van der Waals surface area (Å²) in [4.78, 5) is 27.7. The second-order valence-corrected chi connectivity index (χ2v) is 13.7. The first kappa shape index (κ1) is 30.0. The van der Waals surface area contributed by atoms with Crippen LogP contribution < -0.4 is 4.72 Å². The minimum Gasteiger partial charge on any atom is -0.598 e. The summed E-state index contributed by atoms with van der Waals surface area (Å²) in [5.41, 5.74) is 0.937. The molecule has 212 valence electrons. The maximum absolute atomic E-state index is 13.4. The number of nitrogens with zero attached hydrogens (tertiary/aromatic N) is 1. The first-order valence-corrected chi connectivity index (χ1v) is 14.9. The lowest BCUT2D eigenvalue weighted by atomic mass is 9.85. The number of rotatable bonds is 7. The zero-order valence-electron chi connectivity index (χ0n) is 22.2. The molecule has 4 rings (SSSR count). The fraction of sp³-hybridized carbons (Fsp3) is 0.500. The normalized spacial score (nSPS) is 21.9. The number of halogens is 2. The van der Waals surface area contributed by atoms with Crippen LogP contribution in [0.4, 0.5) is 0 Å². The maximum atomic E-state index is 13.4. The number of carbonyl (C=O) groups excluding carboxylic acids is 2. The van der Waals surface area contributed by atoms with Gasteiger partial charge in [0.1, 0.15) is 16.6 Å². The van der Waals surface area contributed by atoms with E-state index in [9.17, 15) is 19.2 Å². The van der Waals surface area contributed by atoms with Crippen molar-refractivity contribution < 1.29 is 28.7 Å². The van der Waals surface area contributed by atoms with Gasteiger partial charge < -0.3 is 24.0 Å². The van der Waals surface area contributed by atoms with Crippen LogP contribution in [0.3, 0.4) is 0 Å². The van der Waals surface area contributed by atoms with Gasteiger partial charge in [-0.15, -0.1) is 4.72 Å². The summed E-state index contributed by atoms with van der Waals surface area (Å²) in [7, 11) is 0. The van der Waals surface area contributed by atoms with E-state index in [-0.39, 0.29) is 22.6 Å². The molecule has 2 aliphatic heterocycles. The lowest BCUT2D eigenvalue weighted by molar-refractivity contribution is -0.146. The molecule has 2 saturated heterocycles. The molecule has 2 fully saturated rings. The fourth-order valence-electron chi connectivity index (χ4n) is 4.84. The van der Waals surface area contributed by atoms with Crippen LogP contribution in [-0.2, 0) is 25.6 Å². The summed E-state index contributed by atoms with van der Waals surface area (Å²) >= 11 is 10.9. The molecule has 1 amide bonds. The van der Waals surface area contributed by atoms with E-state index in [0.717, 1.165) is 0 Å². The Kier molecular flexibility index (Phi) is 9.73. The number of ether oxygens (including phenoxy) is 2. The highest BCUT2D eigenvalue weighted by Crippen LogP contribution is 2.40. The largest absolute Gasteiger partial charge is 0.598 e. The zero-order valence-corrected chi connectivity index (χ0v) is 24.5. The number of nitrogens with one attached hydrogen (secondary N) is 1. The minimum atomic E-state index is -1.42. The molecule has 0 aromatic heterocycles. The SMILES string of the molecule is CC(C)(C)[S@+]([O-])N[C@@H](c1cc(Cl)c(Cl)cc1O)C1CCN(C(=O)[C@@H]2OCC[C@@H]2OC(=O)c2ccccc2)CC1. The molecule has 0 radical (unpaired) electrons. The van der Waals surface area contributed by atoms with Gasteiger partial charge in [0.2, 0.25) is 0 Å². The Labute approximate surface area is 242 Å². The van der Waals surface area contributed by atoms with Crippen LogP contribution >= 0.6 is 23.2 Å². The van der Waals surface area contributed by atoms with E-state index in [1.54, 1.807) is 35.2 Å². The molecule has 2 aliphatic rings. The Morgan fingerprint density at radius 2 is 1.77 bits per heavy atom. The van der Waals surface area contributed by atoms with Gasteiger partial charge >= 0.3 is 5.97 Å². The number of carbonyl (C=O) groups is 2. The van der Waals surface area contributed by atoms with E-state index in [1.165, 1.54) is 6.07 Å². The van der Waals surface area contributed by atoms with Crippen molar-refractivity contribution in [3.05, 3.63) is 63.6 Å². The number of hydrogen-bond donors (Lipinski definition) is 2. The Morgan fingerprint density at radius 3 is 2.41 bits per heavy atom. The second-order valence-electron chi connectivity index (χ2n) is 10.9. The van der Waals surface area contributed by atoms with Crippen molar-refractivity contribution in [2.75, 3.05) is 19.7 Å². The van der Waals surface area contributed by atoms with Crippen LogP contribution in [-0.4, -0.2) is 63.1 Å². The third-order valence-electron chi connectivity index (χ3n) is 7.07. The predicted molar refractivity (Wildman–Crippen MR) is 151 cm³/mol. The molecule has 0 aliphatic carbocycles. The molecule has 2 N–H and O–H groups in total. The van der Waals surface area contributed by atoms with Crippen molar-refractivity contribution in [3.63, 3.8) is 0 Å². The van der Waals surface area contributed by atoms with Crippen molar-refractivity contribution in [2.24, 2.45) is 5.92 Å². The monoisotopic (exact) mass is 596 g/mol. The number of hydrogen-bond acceptors (Lipinski definition) is 7. The summed E-state index contributed by atoms with van der Waals surface area (Å²) in [5, 5.41) is 11.2. The van der Waals surface area contributed by atoms with Crippen LogP contribution in [0.25, 0.3) is 0 Å². The van der Waals surface area contributed by atoms with Gasteiger partial charge in [0.05, 0.1) is 28.3 Å². The number of likely N-dealkylation sites (tertiary alicyclic amines) is 1. The Hall–Kier alpha value is -2.01. The van der Waals surface area contributed by atoms with Crippen LogP contribution in [0, 0.1) is 5.92 Å². The van der Waals surface area contributed by atoms with Crippen molar-refractivity contribution >= 4 is 46.4 Å². The molecule has 39 heavy (non-hydrogen) atoms. The average molecular weight is 598 g/mol. The van der Waals surface area contributed by atoms with E-state index in [2.05, 4.69) is 4.72 Å². The standard InChI is InChI=1S/C28H34Cl2N2O6S/c1-28(2,3)39(36)31-24(19-15-20(29)21(30)16-22(19)33)17-9-12-32(13-10-17)26(34)25-23(11-14-37-25)38-27(35)18-7-5-4-6-8-18/h4-8,15-17,23-25,31,33H,9-14H2,1-3H3/t23-,24+,25+,39-/m0/s1. The van der Waals surface area contributed by atoms with Gasteiger partial charge in [0, 0.05) is 42.5 Å². The van der Waals surface area contributed by atoms with Gasteiger partial charge in [-0.1, -0.05) is 41.4 Å². The number of phenols is 1. The maximum Gasteiger partial charge on any atom is 0.338 e. The molecule has 0 spiro atoms. The number of aromatic hydroxyl groups is 1. The van der Waals surface area contributed by atoms with Crippen LogP contribution in [0.15, 0.2) is 42.5 Å². The van der Waals surface area contributed by atoms with E-state index >= 15 is 0 Å². The molecule has 2 aromatic rings. The topological polar surface area (TPSA) is 111 Å². The highest BCUT2D eigenvalue weighted by molar-refractivity contribution is 7.90. The van der Waals surface area contributed by atoms with Gasteiger partial charge in [0.15, 0.2) is 6.10 Å². The van der Waals surface area contributed by atoms with Crippen molar-refractivity contribution in [3.8, 4) is 5.75 Å². The van der Waals surface area contributed by atoms with Gasteiger partial charge in [-0.05, 0) is 57.7 Å².